The fourth-order valence-corrected chi connectivity index (χ4v) is 3.66. The Morgan fingerprint density at radius 3 is 2.69 bits per heavy atom. The Hall–Kier alpha value is -3.86. The highest BCUT2D eigenvalue weighted by atomic mass is 16.3. The molecule has 2 N–H and O–H groups in total. The fourth-order valence-electron chi connectivity index (χ4n) is 3.66. The Balaban J connectivity index is 1.49. The van der Waals surface area contributed by atoms with Gasteiger partial charge in [0.2, 0.25) is 0 Å². The van der Waals surface area contributed by atoms with Gasteiger partial charge in [0.1, 0.15) is 5.66 Å². The largest absolute Gasteiger partial charge is 0.462 e. The quantitative estimate of drug-likeness (QED) is 0.508. The van der Waals surface area contributed by atoms with Gasteiger partial charge in [0.05, 0.1) is 24.3 Å². The number of anilines is 1. The predicted octanol–water partition coefficient (Wildman–Crippen LogP) is 5.22. The molecule has 5 nitrogen and oxygen atoms in total. The average Bonchev–Trinajstić information content (AvgIpc) is 3.19. The molecule has 29 heavy (non-hydrogen) atoms. The van der Waals surface area contributed by atoms with E-state index in [1.165, 1.54) is 0 Å². The monoisotopic (exact) mass is 380 g/mol. The van der Waals surface area contributed by atoms with Gasteiger partial charge < -0.3 is 15.1 Å². The number of rotatable bonds is 4. The number of nitrogens with zero attached hydrogens (tertiary/aromatic N) is 2. The van der Waals surface area contributed by atoms with Crippen molar-refractivity contribution >= 4 is 22.4 Å². The van der Waals surface area contributed by atoms with Gasteiger partial charge in [-0.2, -0.15) is 0 Å². The van der Waals surface area contributed by atoms with Crippen molar-refractivity contribution in [3.8, 4) is 11.1 Å². The van der Waals surface area contributed by atoms with Crippen molar-refractivity contribution in [2.45, 2.75) is 12.6 Å². The van der Waals surface area contributed by atoms with Crippen LogP contribution >= 0.6 is 0 Å². The van der Waals surface area contributed by atoms with Gasteiger partial charge in [-0.05, 0) is 36.8 Å². The lowest BCUT2D eigenvalue weighted by molar-refractivity contribution is 0.576. The molecule has 1 atom stereocenters. The summed E-state index contributed by atoms with van der Waals surface area (Å²) in [5.41, 5.74) is 5.45. The number of aromatic nitrogens is 2. The van der Waals surface area contributed by atoms with Gasteiger partial charge in [0, 0.05) is 34.6 Å². The van der Waals surface area contributed by atoms with Crippen molar-refractivity contribution in [3.05, 3.63) is 97.3 Å². The summed E-state index contributed by atoms with van der Waals surface area (Å²) in [6.07, 6.45) is 15.2. The number of benzene rings is 1. The molecule has 0 aliphatic carbocycles. The van der Waals surface area contributed by atoms with Crippen molar-refractivity contribution in [1.82, 2.24) is 15.3 Å². The first-order chi connectivity index (χ1) is 14.2. The molecule has 0 spiro atoms. The Morgan fingerprint density at radius 2 is 1.79 bits per heavy atom. The van der Waals surface area contributed by atoms with E-state index in [0.717, 1.165) is 39.0 Å². The van der Waals surface area contributed by atoms with Gasteiger partial charge in [0.15, 0.2) is 5.58 Å². The van der Waals surface area contributed by atoms with Gasteiger partial charge >= 0.3 is 0 Å². The van der Waals surface area contributed by atoms with E-state index >= 15 is 0 Å². The van der Waals surface area contributed by atoms with E-state index < -0.39 is 5.66 Å². The third-order valence-corrected chi connectivity index (χ3v) is 5.06. The van der Waals surface area contributed by atoms with E-state index in [2.05, 4.69) is 57.9 Å². The normalized spacial score (nSPS) is 18.3. The summed E-state index contributed by atoms with van der Waals surface area (Å²) in [7, 11) is 0. The molecule has 0 radical (unpaired) electrons. The Morgan fingerprint density at radius 1 is 0.966 bits per heavy atom. The highest BCUT2D eigenvalue weighted by Crippen LogP contribution is 2.35. The van der Waals surface area contributed by atoms with Gasteiger partial charge in [-0.15, -0.1) is 0 Å². The molecule has 0 amide bonds. The molecule has 0 saturated heterocycles. The summed E-state index contributed by atoms with van der Waals surface area (Å²) in [5.74, 6) is 0. The summed E-state index contributed by atoms with van der Waals surface area (Å²) in [6, 6.07) is 14.3. The second kappa shape index (κ2) is 6.95. The van der Waals surface area contributed by atoms with Crippen LogP contribution in [0.4, 0.5) is 5.69 Å². The fraction of sp³-hybridized carbons (Fsp3) is 0.0833. The maximum Gasteiger partial charge on any atom is 0.152 e. The van der Waals surface area contributed by atoms with Gasteiger partial charge in [0.25, 0.3) is 0 Å². The minimum Gasteiger partial charge on any atom is -0.462 e. The number of hydrogen-bond donors (Lipinski definition) is 2. The average molecular weight is 380 g/mol. The molecule has 5 rings (SSSR count). The molecular weight excluding hydrogens is 360 g/mol. The van der Waals surface area contributed by atoms with E-state index in [4.69, 9.17) is 4.42 Å². The topological polar surface area (TPSA) is 63.0 Å². The van der Waals surface area contributed by atoms with Crippen molar-refractivity contribution in [3.63, 3.8) is 0 Å². The second-order valence-electron chi connectivity index (χ2n) is 7.20. The summed E-state index contributed by atoms with van der Waals surface area (Å²) < 4.78 is 5.70. The maximum absolute atomic E-state index is 5.70. The smallest absolute Gasteiger partial charge is 0.152 e. The summed E-state index contributed by atoms with van der Waals surface area (Å²) in [4.78, 5) is 8.47. The Kier molecular flexibility index (Phi) is 4.13. The van der Waals surface area contributed by atoms with E-state index in [1.54, 1.807) is 24.9 Å². The first-order valence-electron chi connectivity index (χ1n) is 9.49. The van der Waals surface area contributed by atoms with Crippen LogP contribution in [0.25, 0.3) is 27.8 Å². The number of allylic oxidation sites excluding steroid dienone is 2. The van der Waals surface area contributed by atoms with Crippen LogP contribution in [0.2, 0.25) is 0 Å². The summed E-state index contributed by atoms with van der Waals surface area (Å²) in [6.45, 7) is 2.10. The van der Waals surface area contributed by atoms with Crippen molar-refractivity contribution in [2.75, 3.05) is 5.32 Å². The first-order valence-corrected chi connectivity index (χ1v) is 9.49. The summed E-state index contributed by atoms with van der Waals surface area (Å²) >= 11 is 0. The van der Waals surface area contributed by atoms with Gasteiger partial charge in [-0.25, -0.2) is 0 Å². The zero-order valence-corrected chi connectivity index (χ0v) is 16.0. The highest BCUT2D eigenvalue weighted by molar-refractivity contribution is 5.97. The van der Waals surface area contributed by atoms with Crippen molar-refractivity contribution < 1.29 is 4.42 Å². The SMILES string of the molecule is CC1(Nc2cnccc2-c2coc3cnccc23)C=CC=C(c2ccccc2)N1. The zero-order valence-electron chi connectivity index (χ0n) is 16.0. The molecule has 0 bridgehead atoms. The lowest BCUT2D eigenvalue weighted by atomic mass is 10.0. The van der Waals surface area contributed by atoms with Gasteiger partial charge in [-0.1, -0.05) is 36.4 Å². The molecule has 3 aromatic heterocycles. The number of fused-ring (bicyclic) bond motifs is 1. The number of pyridine rings is 2. The molecule has 0 saturated carbocycles. The number of furan rings is 1. The first kappa shape index (κ1) is 17.3. The van der Waals surface area contributed by atoms with E-state index in [0.29, 0.717) is 0 Å². The van der Waals surface area contributed by atoms with Crippen LogP contribution in [0.5, 0.6) is 0 Å². The van der Waals surface area contributed by atoms with E-state index in [1.807, 2.05) is 36.5 Å². The Bertz CT molecular complexity index is 1230. The summed E-state index contributed by atoms with van der Waals surface area (Å²) in [5, 5.41) is 8.25. The van der Waals surface area contributed by atoms with Crippen molar-refractivity contribution in [1.29, 1.82) is 0 Å². The molecule has 0 fully saturated rings. The van der Waals surface area contributed by atoms with E-state index in [-0.39, 0.29) is 0 Å². The molecule has 1 aliphatic heterocycles. The third kappa shape index (κ3) is 3.27. The molecule has 4 heterocycles. The second-order valence-corrected chi connectivity index (χ2v) is 7.20. The number of dihydropyridines is 1. The van der Waals surface area contributed by atoms with Crippen LogP contribution in [0.3, 0.4) is 0 Å². The molecule has 5 heteroatoms. The highest BCUT2D eigenvalue weighted by Gasteiger charge is 2.25. The van der Waals surface area contributed by atoms with Crippen LogP contribution in [0, 0.1) is 0 Å². The lowest BCUT2D eigenvalue weighted by Crippen LogP contribution is -2.47. The molecular formula is C24H20N4O. The predicted molar refractivity (Wildman–Crippen MR) is 116 cm³/mol. The molecule has 142 valence electrons. The number of nitrogens with one attached hydrogen (secondary N) is 2. The van der Waals surface area contributed by atoms with Gasteiger partial charge in [-0.3, -0.25) is 9.97 Å². The van der Waals surface area contributed by atoms with E-state index in [9.17, 15) is 0 Å². The van der Waals surface area contributed by atoms with Crippen LogP contribution in [0.1, 0.15) is 12.5 Å². The Labute approximate surface area is 168 Å². The van der Waals surface area contributed by atoms with Crippen LogP contribution in [0.15, 0.2) is 96.2 Å². The van der Waals surface area contributed by atoms with Crippen LogP contribution in [-0.2, 0) is 0 Å². The third-order valence-electron chi connectivity index (χ3n) is 5.06. The standard InChI is InChI=1S/C24H20N4O/c1-24(11-5-8-21(27-24)17-6-3-2-4-7-17)28-22-14-25-12-9-18(22)20-16-29-23-15-26-13-10-19(20)23/h2-16,27-28H,1H3. The lowest BCUT2D eigenvalue weighted by Gasteiger charge is -2.35. The minimum absolute atomic E-state index is 0.473. The molecule has 4 aromatic rings. The zero-order chi connectivity index (χ0) is 19.7. The van der Waals surface area contributed by atoms with Crippen LogP contribution < -0.4 is 10.6 Å². The molecule has 1 aliphatic rings. The molecule has 1 aromatic carbocycles. The van der Waals surface area contributed by atoms with Crippen LogP contribution in [-0.4, -0.2) is 15.6 Å². The van der Waals surface area contributed by atoms with Crippen molar-refractivity contribution in [2.24, 2.45) is 0 Å². The number of hydrogen-bond acceptors (Lipinski definition) is 5. The minimum atomic E-state index is -0.473. The molecule has 1 unspecified atom stereocenters. The maximum atomic E-state index is 5.70.